The van der Waals surface area contributed by atoms with Gasteiger partial charge in [0.2, 0.25) is 11.0 Å². The van der Waals surface area contributed by atoms with E-state index in [1.165, 1.54) is 23.1 Å². The highest BCUT2D eigenvalue weighted by Gasteiger charge is 2.25. The minimum Gasteiger partial charge on any atom is -0.360 e. The first-order valence-corrected chi connectivity index (χ1v) is 9.71. The molecule has 1 heterocycles. The predicted molar refractivity (Wildman–Crippen MR) is 101 cm³/mol. The largest absolute Gasteiger partial charge is 0.360 e. The molecule has 0 saturated heterocycles. The number of benzene rings is 1. The fourth-order valence-electron chi connectivity index (χ4n) is 1.94. The highest BCUT2D eigenvalue weighted by atomic mass is 32.2. The second kappa shape index (κ2) is 10.00. The van der Waals surface area contributed by atoms with E-state index in [1.54, 1.807) is 6.92 Å². The summed E-state index contributed by atoms with van der Waals surface area (Å²) in [5, 5.41) is 16.4. The number of imide groups is 1. The van der Waals surface area contributed by atoms with Crippen LogP contribution in [-0.2, 0) is 4.79 Å². The smallest absolute Gasteiger partial charge is 0.321 e. The van der Waals surface area contributed by atoms with Crippen molar-refractivity contribution in [1.29, 1.82) is 0 Å². The monoisotopic (exact) mass is 379 g/mol. The Morgan fingerprint density at radius 1 is 1.20 bits per heavy atom. The van der Waals surface area contributed by atoms with Crippen molar-refractivity contribution in [2.45, 2.75) is 29.9 Å². The van der Waals surface area contributed by atoms with E-state index < -0.39 is 11.3 Å². The van der Waals surface area contributed by atoms with Crippen molar-refractivity contribution in [3.8, 4) is 0 Å². The molecule has 0 spiro atoms. The van der Waals surface area contributed by atoms with Gasteiger partial charge in [0.15, 0.2) is 4.34 Å². The van der Waals surface area contributed by atoms with Crippen LogP contribution in [0.4, 0.5) is 9.93 Å². The zero-order valence-corrected chi connectivity index (χ0v) is 15.7. The molecule has 1 aromatic carbocycles. The molecule has 0 fully saturated rings. The van der Waals surface area contributed by atoms with E-state index in [1.807, 2.05) is 30.3 Å². The molecular formula is C16H21N5O2S2. The van der Waals surface area contributed by atoms with Crippen LogP contribution in [0.15, 0.2) is 34.7 Å². The van der Waals surface area contributed by atoms with Crippen LogP contribution >= 0.6 is 23.1 Å². The predicted octanol–water partition coefficient (Wildman–Crippen LogP) is 3.04. The van der Waals surface area contributed by atoms with E-state index in [0.29, 0.717) is 10.9 Å². The molecule has 2 aromatic rings. The van der Waals surface area contributed by atoms with Gasteiger partial charge in [-0.1, -0.05) is 60.4 Å². The maximum atomic E-state index is 12.6. The Bertz CT molecular complexity index is 693. The first-order valence-electron chi connectivity index (χ1n) is 8.01. The quantitative estimate of drug-likeness (QED) is 0.610. The van der Waals surface area contributed by atoms with Gasteiger partial charge in [-0.05, 0) is 18.9 Å². The number of nitrogens with one attached hydrogen (secondary N) is 3. The van der Waals surface area contributed by atoms with Gasteiger partial charge in [0, 0.05) is 13.1 Å². The van der Waals surface area contributed by atoms with Gasteiger partial charge in [-0.25, -0.2) is 4.79 Å². The van der Waals surface area contributed by atoms with Crippen molar-refractivity contribution in [2.75, 3.05) is 18.4 Å². The fraction of sp³-hybridized carbons (Fsp3) is 0.375. The van der Waals surface area contributed by atoms with Crippen LogP contribution in [-0.4, -0.2) is 35.2 Å². The number of urea groups is 1. The lowest BCUT2D eigenvalue weighted by molar-refractivity contribution is -0.119. The van der Waals surface area contributed by atoms with Crippen molar-refractivity contribution in [1.82, 2.24) is 20.8 Å². The van der Waals surface area contributed by atoms with Crippen LogP contribution in [0.5, 0.6) is 0 Å². The molecule has 9 heteroatoms. The molecule has 1 aromatic heterocycles. The van der Waals surface area contributed by atoms with Crippen LogP contribution in [0, 0.1) is 0 Å². The van der Waals surface area contributed by atoms with Gasteiger partial charge in [-0.15, -0.1) is 10.2 Å². The number of hydrogen-bond donors (Lipinski definition) is 3. The zero-order valence-electron chi connectivity index (χ0n) is 14.1. The lowest BCUT2D eigenvalue weighted by Gasteiger charge is -2.15. The summed E-state index contributed by atoms with van der Waals surface area (Å²) in [6, 6.07) is 8.80. The lowest BCUT2D eigenvalue weighted by Crippen LogP contribution is -2.41. The van der Waals surface area contributed by atoms with Gasteiger partial charge in [0.05, 0.1) is 0 Å². The Kier molecular flexibility index (Phi) is 7.68. The van der Waals surface area contributed by atoms with Gasteiger partial charge in [-0.2, -0.15) is 0 Å². The summed E-state index contributed by atoms with van der Waals surface area (Å²) in [5.41, 5.74) is 0.799. The highest BCUT2D eigenvalue weighted by Crippen LogP contribution is 2.37. The molecule has 3 amide bonds. The average molecular weight is 380 g/mol. The molecule has 3 N–H and O–H groups in total. The van der Waals surface area contributed by atoms with Gasteiger partial charge >= 0.3 is 6.03 Å². The van der Waals surface area contributed by atoms with E-state index in [4.69, 9.17) is 0 Å². The molecule has 0 unspecified atom stereocenters. The van der Waals surface area contributed by atoms with Crippen molar-refractivity contribution < 1.29 is 9.59 Å². The number of nitrogens with zero attached hydrogens (tertiary/aromatic N) is 2. The van der Waals surface area contributed by atoms with Crippen LogP contribution in [0.2, 0.25) is 0 Å². The fourth-order valence-corrected chi connectivity index (χ4v) is 3.91. The average Bonchev–Trinajstić information content (AvgIpc) is 3.06. The SMILES string of the molecule is CCCNc1nnc(S[C@H](C(=O)NC(=O)NCC)c2ccccc2)s1. The third-order valence-corrected chi connectivity index (χ3v) is 5.29. The normalized spacial score (nSPS) is 11.6. The number of anilines is 1. The molecule has 0 aliphatic rings. The molecule has 0 aliphatic carbocycles. The molecule has 0 saturated carbocycles. The van der Waals surface area contributed by atoms with Gasteiger partial charge in [0.1, 0.15) is 5.25 Å². The van der Waals surface area contributed by atoms with E-state index in [9.17, 15) is 9.59 Å². The number of hydrogen-bond acceptors (Lipinski definition) is 7. The summed E-state index contributed by atoms with van der Waals surface area (Å²) in [6.07, 6.45) is 0.990. The lowest BCUT2D eigenvalue weighted by atomic mass is 10.1. The molecule has 0 aliphatic heterocycles. The number of carbonyl (C=O) groups is 2. The van der Waals surface area contributed by atoms with Crippen molar-refractivity contribution in [3.05, 3.63) is 35.9 Å². The minimum absolute atomic E-state index is 0.389. The Morgan fingerprint density at radius 2 is 1.96 bits per heavy atom. The number of aromatic nitrogens is 2. The standard InChI is InChI=1S/C16H21N5O2S2/c1-3-10-18-15-20-21-16(25-15)24-12(11-8-6-5-7-9-11)13(22)19-14(23)17-4-2/h5-9,12H,3-4,10H2,1-2H3,(H,18,20)(H2,17,19,22,23)/t12-/m0/s1. The topological polar surface area (TPSA) is 96.0 Å². The minimum atomic E-state index is -0.587. The summed E-state index contributed by atoms with van der Waals surface area (Å²) in [7, 11) is 0. The van der Waals surface area contributed by atoms with Crippen LogP contribution in [0.3, 0.4) is 0 Å². The summed E-state index contributed by atoms with van der Waals surface area (Å²) in [6.45, 7) is 5.13. The Morgan fingerprint density at radius 3 is 2.64 bits per heavy atom. The number of carbonyl (C=O) groups excluding carboxylic acids is 2. The summed E-state index contributed by atoms with van der Waals surface area (Å²) in [5.74, 6) is -0.389. The van der Waals surface area contributed by atoms with Crippen molar-refractivity contribution in [3.63, 3.8) is 0 Å². The van der Waals surface area contributed by atoms with Crippen LogP contribution in [0.25, 0.3) is 0 Å². The van der Waals surface area contributed by atoms with Gasteiger partial charge in [-0.3, -0.25) is 10.1 Å². The number of thioether (sulfide) groups is 1. The van der Waals surface area contributed by atoms with E-state index in [2.05, 4.69) is 33.1 Å². The Balaban J connectivity index is 2.13. The van der Waals surface area contributed by atoms with E-state index in [0.717, 1.165) is 23.7 Å². The number of rotatable bonds is 8. The first-order chi connectivity index (χ1) is 12.1. The third kappa shape index (κ3) is 6.02. The maximum absolute atomic E-state index is 12.6. The Labute approximate surface area is 155 Å². The zero-order chi connectivity index (χ0) is 18.1. The van der Waals surface area contributed by atoms with Crippen LogP contribution < -0.4 is 16.0 Å². The van der Waals surface area contributed by atoms with Gasteiger partial charge < -0.3 is 10.6 Å². The maximum Gasteiger partial charge on any atom is 0.321 e. The molecule has 7 nitrogen and oxygen atoms in total. The third-order valence-electron chi connectivity index (χ3n) is 3.07. The molecule has 0 radical (unpaired) electrons. The molecule has 1 atom stereocenters. The van der Waals surface area contributed by atoms with Gasteiger partial charge in [0.25, 0.3) is 0 Å². The summed E-state index contributed by atoms with van der Waals surface area (Å²) < 4.78 is 0.665. The van der Waals surface area contributed by atoms with Crippen LogP contribution in [0.1, 0.15) is 31.1 Å². The van der Waals surface area contributed by atoms with Crippen molar-refractivity contribution in [2.24, 2.45) is 0 Å². The molecular weight excluding hydrogens is 358 g/mol. The van der Waals surface area contributed by atoms with E-state index in [-0.39, 0.29) is 5.91 Å². The summed E-state index contributed by atoms with van der Waals surface area (Å²) >= 11 is 2.67. The molecule has 2 rings (SSSR count). The molecule has 134 valence electrons. The first kappa shape index (κ1) is 19.2. The second-order valence-corrected chi connectivity index (χ2v) is 7.39. The van der Waals surface area contributed by atoms with E-state index >= 15 is 0 Å². The second-order valence-electron chi connectivity index (χ2n) is 5.06. The molecule has 0 bridgehead atoms. The number of amides is 3. The summed E-state index contributed by atoms with van der Waals surface area (Å²) in [4.78, 5) is 24.2. The Hall–Kier alpha value is -2.13. The van der Waals surface area contributed by atoms with Crippen molar-refractivity contribution >= 4 is 40.2 Å². The highest BCUT2D eigenvalue weighted by molar-refractivity contribution is 8.01. The molecule has 25 heavy (non-hydrogen) atoms.